The van der Waals surface area contributed by atoms with E-state index in [4.69, 9.17) is 0 Å². The number of rotatable bonds is 6. The van der Waals surface area contributed by atoms with Crippen molar-refractivity contribution >= 4 is 27.6 Å². The van der Waals surface area contributed by atoms with E-state index in [1.165, 1.54) is 26.2 Å². The highest BCUT2D eigenvalue weighted by atomic mass is 32.2. The summed E-state index contributed by atoms with van der Waals surface area (Å²) in [6, 6.07) is 3.94. The van der Waals surface area contributed by atoms with Crippen molar-refractivity contribution in [3.05, 3.63) is 41.2 Å². The van der Waals surface area contributed by atoms with E-state index in [0.717, 1.165) is 6.07 Å². The van der Waals surface area contributed by atoms with Crippen molar-refractivity contribution in [1.82, 2.24) is 5.32 Å². The standard InChI is InChI=1S/C17H21FN2O5S/c1-11(21)19-10-12-7-8-15(14(18)9-12)20-26(23,24)16-6-4-3-5-13(16)17(22)25-2/h5,7-9,16,20H,3-4,6,10H2,1-2H3,(H,19,21). The third-order valence-corrected chi connectivity index (χ3v) is 5.75. The summed E-state index contributed by atoms with van der Waals surface area (Å²) in [4.78, 5) is 22.7. The van der Waals surface area contributed by atoms with Crippen molar-refractivity contribution in [2.24, 2.45) is 0 Å². The second kappa shape index (κ2) is 8.31. The van der Waals surface area contributed by atoms with Gasteiger partial charge in [0.25, 0.3) is 0 Å². The quantitative estimate of drug-likeness (QED) is 0.729. The summed E-state index contributed by atoms with van der Waals surface area (Å²) in [6.45, 7) is 1.48. The first-order valence-corrected chi connectivity index (χ1v) is 9.62. The molecule has 1 aromatic carbocycles. The van der Waals surface area contributed by atoms with Crippen LogP contribution in [0.15, 0.2) is 29.8 Å². The molecule has 9 heteroatoms. The molecule has 0 aliphatic heterocycles. The summed E-state index contributed by atoms with van der Waals surface area (Å²) in [5.74, 6) is -1.73. The second-order valence-electron chi connectivity index (χ2n) is 5.94. The van der Waals surface area contributed by atoms with E-state index >= 15 is 0 Å². The number of methoxy groups -OCH3 is 1. The van der Waals surface area contributed by atoms with Gasteiger partial charge in [-0.15, -0.1) is 0 Å². The lowest BCUT2D eigenvalue weighted by molar-refractivity contribution is -0.136. The first kappa shape index (κ1) is 19.9. The fraction of sp³-hybridized carbons (Fsp3) is 0.412. The van der Waals surface area contributed by atoms with Gasteiger partial charge in [0.05, 0.1) is 18.4 Å². The van der Waals surface area contributed by atoms with Gasteiger partial charge in [-0.25, -0.2) is 17.6 Å². The number of halogens is 1. The number of anilines is 1. The largest absolute Gasteiger partial charge is 0.466 e. The smallest absolute Gasteiger partial charge is 0.334 e. The molecule has 0 bridgehead atoms. The molecule has 1 aliphatic carbocycles. The highest BCUT2D eigenvalue weighted by molar-refractivity contribution is 7.93. The number of sulfonamides is 1. The molecule has 142 valence electrons. The van der Waals surface area contributed by atoms with Gasteiger partial charge in [-0.05, 0) is 37.0 Å². The summed E-state index contributed by atoms with van der Waals surface area (Å²) in [6.07, 6.45) is 2.98. The Morgan fingerprint density at radius 3 is 2.69 bits per heavy atom. The summed E-state index contributed by atoms with van der Waals surface area (Å²) >= 11 is 0. The molecule has 0 fully saturated rings. The molecular weight excluding hydrogens is 363 g/mol. The molecule has 1 aliphatic rings. The minimum Gasteiger partial charge on any atom is -0.466 e. The first-order chi connectivity index (χ1) is 12.2. The van der Waals surface area contributed by atoms with Crippen LogP contribution in [0.25, 0.3) is 0 Å². The van der Waals surface area contributed by atoms with Gasteiger partial charge in [-0.3, -0.25) is 9.52 Å². The molecule has 0 spiro atoms. The number of benzene rings is 1. The molecule has 1 unspecified atom stereocenters. The Hall–Kier alpha value is -2.42. The molecule has 0 heterocycles. The van der Waals surface area contributed by atoms with E-state index < -0.39 is 27.1 Å². The van der Waals surface area contributed by atoms with E-state index in [1.54, 1.807) is 6.08 Å². The molecule has 1 aromatic rings. The van der Waals surface area contributed by atoms with Crippen LogP contribution < -0.4 is 10.0 Å². The normalized spacial score (nSPS) is 17.2. The van der Waals surface area contributed by atoms with Crippen molar-refractivity contribution in [3.63, 3.8) is 0 Å². The minimum atomic E-state index is -4.03. The van der Waals surface area contributed by atoms with E-state index in [-0.39, 0.29) is 30.1 Å². The zero-order valence-electron chi connectivity index (χ0n) is 14.5. The number of hydrogen-bond acceptors (Lipinski definition) is 5. The lowest BCUT2D eigenvalue weighted by Gasteiger charge is -2.23. The maximum absolute atomic E-state index is 14.2. The van der Waals surface area contributed by atoms with E-state index in [1.807, 2.05) is 0 Å². The Bertz CT molecular complexity index is 836. The lowest BCUT2D eigenvalue weighted by Crippen LogP contribution is -2.34. The molecule has 7 nitrogen and oxygen atoms in total. The Balaban J connectivity index is 2.20. The van der Waals surface area contributed by atoms with Gasteiger partial charge in [-0.1, -0.05) is 12.1 Å². The summed E-state index contributed by atoms with van der Waals surface area (Å²) in [7, 11) is -2.85. The van der Waals surface area contributed by atoms with Crippen LogP contribution in [0.4, 0.5) is 10.1 Å². The number of carbonyl (C=O) groups excluding carboxylic acids is 2. The van der Waals surface area contributed by atoms with Crippen LogP contribution in [0.2, 0.25) is 0 Å². The first-order valence-electron chi connectivity index (χ1n) is 8.07. The lowest BCUT2D eigenvalue weighted by atomic mass is 9.99. The van der Waals surface area contributed by atoms with Crippen molar-refractivity contribution in [1.29, 1.82) is 0 Å². The predicted octanol–water partition coefficient (Wildman–Crippen LogP) is 1.86. The van der Waals surface area contributed by atoms with Crippen LogP contribution in [-0.2, 0) is 30.9 Å². The fourth-order valence-electron chi connectivity index (χ4n) is 2.70. The molecule has 26 heavy (non-hydrogen) atoms. The van der Waals surface area contributed by atoms with Crippen LogP contribution in [0, 0.1) is 5.82 Å². The number of esters is 1. The van der Waals surface area contributed by atoms with Gasteiger partial charge in [-0.2, -0.15) is 0 Å². The van der Waals surface area contributed by atoms with Gasteiger partial charge in [0.15, 0.2) is 0 Å². The fourth-order valence-corrected chi connectivity index (χ4v) is 4.32. The summed E-state index contributed by atoms with van der Waals surface area (Å²) < 4.78 is 46.4. The van der Waals surface area contributed by atoms with Gasteiger partial charge >= 0.3 is 5.97 Å². The van der Waals surface area contributed by atoms with Crippen molar-refractivity contribution in [2.75, 3.05) is 11.8 Å². The summed E-state index contributed by atoms with van der Waals surface area (Å²) in [5, 5.41) is 1.43. The van der Waals surface area contributed by atoms with Gasteiger partial charge in [0.2, 0.25) is 15.9 Å². The number of allylic oxidation sites excluding steroid dienone is 1. The van der Waals surface area contributed by atoms with Crippen molar-refractivity contribution in [2.45, 2.75) is 38.0 Å². The average molecular weight is 384 g/mol. The summed E-state index contributed by atoms with van der Waals surface area (Å²) in [5.41, 5.74) is 0.341. The Morgan fingerprint density at radius 1 is 1.35 bits per heavy atom. The van der Waals surface area contributed by atoms with Gasteiger partial charge in [0.1, 0.15) is 11.1 Å². The topological polar surface area (TPSA) is 102 Å². The van der Waals surface area contributed by atoms with Crippen LogP contribution >= 0.6 is 0 Å². The Labute approximate surface area is 151 Å². The third-order valence-electron chi connectivity index (χ3n) is 4.00. The van der Waals surface area contributed by atoms with E-state index in [2.05, 4.69) is 14.8 Å². The minimum absolute atomic E-state index is 0.0638. The third kappa shape index (κ3) is 4.81. The average Bonchev–Trinajstić information content (AvgIpc) is 2.61. The molecule has 0 saturated carbocycles. The molecular formula is C17H21FN2O5S. The van der Waals surface area contributed by atoms with Crippen LogP contribution in [0.5, 0.6) is 0 Å². The highest BCUT2D eigenvalue weighted by Gasteiger charge is 2.35. The van der Waals surface area contributed by atoms with Crippen LogP contribution in [0.3, 0.4) is 0 Å². The number of carbonyl (C=O) groups is 2. The molecule has 0 aromatic heterocycles. The highest BCUT2D eigenvalue weighted by Crippen LogP contribution is 2.28. The molecule has 0 saturated heterocycles. The molecule has 1 atom stereocenters. The molecule has 2 N–H and O–H groups in total. The number of hydrogen-bond donors (Lipinski definition) is 2. The zero-order chi connectivity index (χ0) is 19.3. The Morgan fingerprint density at radius 2 is 2.08 bits per heavy atom. The zero-order valence-corrected chi connectivity index (χ0v) is 15.4. The number of ether oxygens (including phenoxy) is 1. The van der Waals surface area contributed by atoms with Gasteiger partial charge in [0, 0.05) is 13.5 Å². The second-order valence-corrected chi connectivity index (χ2v) is 7.80. The van der Waals surface area contributed by atoms with E-state index in [9.17, 15) is 22.4 Å². The molecule has 0 radical (unpaired) electrons. The van der Waals surface area contributed by atoms with Crippen molar-refractivity contribution < 1.29 is 27.1 Å². The maximum atomic E-state index is 14.2. The van der Waals surface area contributed by atoms with Crippen LogP contribution in [0.1, 0.15) is 31.7 Å². The van der Waals surface area contributed by atoms with Gasteiger partial charge < -0.3 is 10.1 Å². The SMILES string of the molecule is COC(=O)C1=CCCCC1S(=O)(=O)Nc1ccc(CNC(C)=O)cc1F. The van der Waals surface area contributed by atoms with Crippen LogP contribution in [-0.4, -0.2) is 32.7 Å². The Kier molecular flexibility index (Phi) is 6.36. The molecule has 2 rings (SSSR count). The maximum Gasteiger partial charge on any atom is 0.334 e. The monoisotopic (exact) mass is 384 g/mol. The predicted molar refractivity (Wildman–Crippen MR) is 94.2 cm³/mol. The number of nitrogens with one attached hydrogen (secondary N) is 2. The van der Waals surface area contributed by atoms with E-state index in [0.29, 0.717) is 18.4 Å². The molecule has 1 amide bonds. The van der Waals surface area contributed by atoms with Crippen molar-refractivity contribution in [3.8, 4) is 0 Å². The number of amides is 1.